The molecule has 0 radical (unpaired) electrons. The quantitative estimate of drug-likeness (QED) is 0.265. The van der Waals surface area contributed by atoms with Gasteiger partial charge < -0.3 is 0 Å². The van der Waals surface area contributed by atoms with Crippen LogP contribution in [-0.4, -0.2) is 0 Å². The predicted octanol–water partition coefficient (Wildman–Crippen LogP) is 8.80. The van der Waals surface area contributed by atoms with E-state index in [2.05, 4.69) is 121 Å². The van der Waals surface area contributed by atoms with E-state index in [0.717, 1.165) is 0 Å². The average molecular weight is 469 g/mol. The molecule has 4 bridgehead atoms. The third-order valence-corrected chi connectivity index (χ3v) is 10.1. The van der Waals surface area contributed by atoms with Crippen molar-refractivity contribution in [2.24, 2.45) is 5.41 Å². The Balaban J connectivity index is 1.42. The lowest BCUT2D eigenvalue weighted by molar-refractivity contribution is -0.111. The molecule has 0 heteroatoms. The van der Waals surface area contributed by atoms with E-state index in [0.29, 0.717) is 5.41 Å². The van der Waals surface area contributed by atoms with Gasteiger partial charge in [0.25, 0.3) is 0 Å². The standard InChI is InChI=1S/C36H36/c1-5-13-29(14-6-1)21-22-33-23-34(30-15-7-2-8-16-30)26-35(24-33,31-17-9-3-10-18-31)28-36(25-33,27-34)32-19-11-4-12-20-32/h1-20H,21-28H2. The molecule has 8 rings (SSSR count). The summed E-state index contributed by atoms with van der Waals surface area (Å²) in [6.45, 7) is 0. The maximum Gasteiger partial charge on any atom is -0.00247 e. The number of hydrogen-bond donors (Lipinski definition) is 0. The molecular formula is C36H36. The van der Waals surface area contributed by atoms with Gasteiger partial charge in [0.05, 0.1) is 0 Å². The van der Waals surface area contributed by atoms with Gasteiger partial charge in [-0.3, -0.25) is 0 Å². The van der Waals surface area contributed by atoms with Gasteiger partial charge in [0.15, 0.2) is 0 Å². The summed E-state index contributed by atoms with van der Waals surface area (Å²) < 4.78 is 0. The van der Waals surface area contributed by atoms with E-state index in [4.69, 9.17) is 0 Å². The van der Waals surface area contributed by atoms with Crippen LogP contribution in [0.2, 0.25) is 0 Å². The van der Waals surface area contributed by atoms with Crippen LogP contribution in [0.3, 0.4) is 0 Å². The zero-order valence-corrected chi connectivity index (χ0v) is 21.2. The van der Waals surface area contributed by atoms with Crippen molar-refractivity contribution in [3.05, 3.63) is 144 Å². The third-order valence-electron chi connectivity index (χ3n) is 10.1. The molecule has 0 atom stereocenters. The highest BCUT2D eigenvalue weighted by Gasteiger charge is 2.68. The van der Waals surface area contributed by atoms with Crippen LogP contribution in [0.25, 0.3) is 0 Å². The third kappa shape index (κ3) is 3.49. The first kappa shape index (κ1) is 22.1. The average Bonchev–Trinajstić information content (AvgIpc) is 2.93. The predicted molar refractivity (Wildman–Crippen MR) is 149 cm³/mol. The van der Waals surface area contributed by atoms with Gasteiger partial charge in [-0.05, 0) is 95.3 Å². The molecule has 0 amide bonds. The number of hydrogen-bond acceptors (Lipinski definition) is 0. The Labute approximate surface area is 216 Å². The molecule has 4 aromatic rings. The van der Waals surface area contributed by atoms with E-state index in [9.17, 15) is 0 Å². The van der Waals surface area contributed by atoms with Crippen molar-refractivity contribution in [1.29, 1.82) is 0 Å². The van der Waals surface area contributed by atoms with Gasteiger partial charge in [0.2, 0.25) is 0 Å². The van der Waals surface area contributed by atoms with Crippen molar-refractivity contribution in [1.82, 2.24) is 0 Å². The maximum absolute atomic E-state index is 2.44. The number of aryl methyl sites for hydroxylation is 1. The lowest BCUT2D eigenvalue weighted by atomic mass is 9.32. The van der Waals surface area contributed by atoms with Gasteiger partial charge in [0, 0.05) is 0 Å². The fraction of sp³-hybridized carbons (Fsp3) is 0.333. The molecule has 4 aliphatic rings. The molecule has 0 spiro atoms. The van der Waals surface area contributed by atoms with E-state index in [-0.39, 0.29) is 16.2 Å². The van der Waals surface area contributed by atoms with Gasteiger partial charge in [-0.15, -0.1) is 0 Å². The Kier molecular flexibility index (Phi) is 5.04. The molecular weight excluding hydrogens is 432 g/mol. The molecule has 4 saturated carbocycles. The van der Waals surface area contributed by atoms with Gasteiger partial charge in [-0.2, -0.15) is 0 Å². The summed E-state index contributed by atoms with van der Waals surface area (Å²) in [5.41, 5.74) is 7.28. The highest BCUT2D eigenvalue weighted by Crippen LogP contribution is 2.75. The van der Waals surface area contributed by atoms with Crippen molar-refractivity contribution >= 4 is 0 Å². The summed E-state index contributed by atoms with van der Waals surface area (Å²) in [6.07, 6.45) is 10.3. The molecule has 0 N–H and O–H groups in total. The van der Waals surface area contributed by atoms with Crippen molar-refractivity contribution in [2.75, 3.05) is 0 Å². The summed E-state index contributed by atoms with van der Waals surface area (Å²) >= 11 is 0. The molecule has 36 heavy (non-hydrogen) atoms. The first-order chi connectivity index (χ1) is 17.6. The molecule has 0 saturated heterocycles. The molecule has 0 heterocycles. The molecule has 4 aliphatic carbocycles. The minimum Gasteiger partial charge on any atom is -0.0622 e. The molecule has 0 aliphatic heterocycles. The van der Waals surface area contributed by atoms with Crippen LogP contribution < -0.4 is 0 Å². The van der Waals surface area contributed by atoms with E-state index < -0.39 is 0 Å². The minimum absolute atomic E-state index is 0.235. The highest BCUT2D eigenvalue weighted by molar-refractivity contribution is 5.45. The summed E-state index contributed by atoms with van der Waals surface area (Å²) in [4.78, 5) is 0. The van der Waals surface area contributed by atoms with Crippen LogP contribution in [0.4, 0.5) is 0 Å². The maximum atomic E-state index is 2.44. The van der Waals surface area contributed by atoms with Crippen molar-refractivity contribution in [3.8, 4) is 0 Å². The van der Waals surface area contributed by atoms with Crippen LogP contribution in [0.1, 0.15) is 67.2 Å². The minimum atomic E-state index is 0.235. The van der Waals surface area contributed by atoms with Gasteiger partial charge >= 0.3 is 0 Å². The summed E-state index contributed by atoms with van der Waals surface area (Å²) in [6, 6.07) is 46.1. The number of benzene rings is 4. The summed E-state index contributed by atoms with van der Waals surface area (Å²) in [5.74, 6) is 0. The van der Waals surface area contributed by atoms with Gasteiger partial charge in [0.1, 0.15) is 0 Å². The largest absolute Gasteiger partial charge is 0.0622 e. The summed E-state index contributed by atoms with van der Waals surface area (Å²) in [5, 5.41) is 0. The van der Waals surface area contributed by atoms with Crippen molar-refractivity contribution in [2.45, 2.75) is 67.6 Å². The van der Waals surface area contributed by atoms with E-state index >= 15 is 0 Å². The second-order valence-corrected chi connectivity index (χ2v) is 12.5. The van der Waals surface area contributed by atoms with Crippen LogP contribution in [-0.2, 0) is 22.7 Å². The van der Waals surface area contributed by atoms with Crippen LogP contribution >= 0.6 is 0 Å². The second-order valence-electron chi connectivity index (χ2n) is 12.5. The van der Waals surface area contributed by atoms with Crippen LogP contribution in [0.5, 0.6) is 0 Å². The first-order valence-electron chi connectivity index (χ1n) is 13.8. The SMILES string of the molecule is c1ccc(CCC23CC4(c5ccccc5)CC(c5ccccc5)(C2)CC(c2ccccc2)(C3)C4)cc1. The monoisotopic (exact) mass is 468 g/mol. The van der Waals surface area contributed by atoms with E-state index in [1.54, 1.807) is 16.7 Å². The molecule has 0 nitrogen and oxygen atoms in total. The molecule has 4 fully saturated rings. The van der Waals surface area contributed by atoms with Gasteiger partial charge in [-0.25, -0.2) is 0 Å². The number of rotatable bonds is 6. The molecule has 180 valence electrons. The molecule has 0 aromatic heterocycles. The van der Waals surface area contributed by atoms with Crippen molar-refractivity contribution in [3.63, 3.8) is 0 Å². The first-order valence-corrected chi connectivity index (χ1v) is 13.8. The zero-order valence-electron chi connectivity index (χ0n) is 21.2. The van der Waals surface area contributed by atoms with E-state index in [1.165, 1.54) is 56.9 Å². The Morgan fingerprint density at radius 2 is 0.722 bits per heavy atom. The Morgan fingerprint density at radius 3 is 1.08 bits per heavy atom. The highest BCUT2D eigenvalue weighted by atomic mass is 14.7. The fourth-order valence-corrected chi connectivity index (χ4v) is 9.46. The Bertz CT molecular complexity index is 1180. The second kappa shape index (κ2) is 8.20. The van der Waals surface area contributed by atoms with Crippen LogP contribution in [0.15, 0.2) is 121 Å². The lowest BCUT2D eigenvalue weighted by Gasteiger charge is -2.71. The van der Waals surface area contributed by atoms with Crippen molar-refractivity contribution < 1.29 is 0 Å². The Morgan fingerprint density at radius 1 is 0.389 bits per heavy atom. The summed E-state index contributed by atoms with van der Waals surface area (Å²) in [7, 11) is 0. The normalized spacial score (nSPS) is 32.4. The fourth-order valence-electron chi connectivity index (χ4n) is 9.46. The van der Waals surface area contributed by atoms with Crippen LogP contribution in [0, 0.1) is 5.41 Å². The topological polar surface area (TPSA) is 0 Å². The smallest absolute Gasteiger partial charge is 0.00247 e. The molecule has 4 aromatic carbocycles. The zero-order chi connectivity index (χ0) is 24.1. The van der Waals surface area contributed by atoms with E-state index in [1.807, 2.05) is 0 Å². The Hall–Kier alpha value is -3.12. The lowest BCUT2D eigenvalue weighted by Crippen LogP contribution is -2.65. The molecule has 0 unspecified atom stereocenters. The van der Waals surface area contributed by atoms with Gasteiger partial charge in [-0.1, -0.05) is 121 Å².